The molecule has 1 aliphatic heterocycles. The smallest absolute Gasteiger partial charge is 0.364 e. The summed E-state index contributed by atoms with van der Waals surface area (Å²) in [6.07, 6.45) is 2.16. The lowest BCUT2D eigenvalue weighted by Crippen LogP contribution is -2.55. The van der Waals surface area contributed by atoms with Gasteiger partial charge in [-0.15, -0.1) is 0 Å². The third-order valence-electron chi connectivity index (χ3n) is 3.56. The summed E-state index contributed by atoms with van der Waals surface area (Å²) >= 11 is 0. The molecule has 0 aromatic rings. The summed E-state index contributed by atoms with van der Waals surface area (Å²) in [5.41, 5.74) is 0. The normalized spacial score (nSPS) is 24.9. The number of likely N-dealkylation sites (tertiary alicyclic amines) is 1. The standard InChI is InChI=1S/C11H22NO2/c1-4-12(5-2)9-7-8-10(12)11(13)14-6-3/h10H,4-9H2,1-3H3/q+1/t10-/m0/s1. The average Bonchev–Trinajstić information content (AvgIpc) is 2.62. The van der Waals surface area contributed by atoms with Crippen molar-refractivity contribution < 1.29 is 14.0 Å². The van der Waals surface area contributed by atoms with E-state index >= 15 is 0 Å². The maximum absolute atomic E-state index is 11.7. The molecule has 0 aromatic carbocycles. The Kier molecular flexibility index (Phi) is 3.93. The summed E-state index contributed by atoms with van der Waals surface area (Å²) in [6, 6.07) is 0.102. The molecule has 0 bridgehead atoms. The van der Waals surface area contributed by atoms with Gasteiger partial charge in [0.15, 0.2) is 6.04 Å². The van der Waals surface area contributed by atoms with Crippen molar-refractivity contribution in [3.63, 3.8) is 0 Å². The van der Waals surface area contributed by atoms with Crippen molar-refractivity contribution >= 4 is 5.97 Å². The molecular formula is C11H22NO2+. The Balaban J connectivity index is 2.71. The lowest BCUT2D eigenvalue weighted by molar-refractivity contribution is -0.928. The molecule has 1 fully saturated rings. The first-order valence-corrected chi connectivity index (χ1v) is 5.72. The molecule has 1 atom stereocenters. The number of ether oxygens (including phenoxy) is 1. The Morgan fingerprint density at radius 1 is 1.36 bits per heavy atom. The molecule has 0 saturated carbocycles. The lowest BCUT2D eigenvalue weighted by atomic mass is 10.2. The van der Waals surface area contributed by atoms with Gasteiger partial charge in [0.1, 0.15) is 0 Å². The molecule has 1 heterocycles. The topological polar surface area (TPSA) is 26.3 Å². The molecule has 0 unspecified atom stereocenters. The predicted molar refractivity (Wildman–Crippen MR) is 55.9 cm³/mol. The number of hydrogen-bond acceptors (Lipinski definition) is 2. The third-order valence-corrected chi connectivity index (χ3v) is 3.56. The predicted octanol–water partition coefficient (Wildman–Crippen LogP) is 1.57. The van der Waals surface area contributed by atoms with Crippen LogP contribution in [-0.2, 0) is 9.53 Å². The van der Waals surface area contributed by atoms with Crippen molar-refractivity contribution in [2.24, 2.45) is 0 Å². The summed E-state index contributed by atoms with van der Waals surface area (Å²) in [6.45, 7) is 9.93. The molecule has 82 valence electrons. The SMILES string of the molecule is CCOC(=O)[C@@H]1CCC[N+]1(CC)CC. The molecule has 3 heteroatoms. The molecular weight excluding hydrogens is 178 g/mol. The van der Waals surface area contributed by atoms with Crippen LogP contribution in [0.15, 0.2) is 0 Å². The van der Waals surface area contributed by atoms with E-state index in [1.54, 1.807) is 0 Å². The molecule has 0 amide bonds. The highest BCUT2D eigenvalue weighted by Gasteiger charge is 2.44. The van der Waals surface area contributed by atoms with Gasteiger partial charge in [-0.3, -0.25) is 0 Å². The highest BCUT2D eigenvalue weighted by molar-refractivity contribution is 5.74. The number of hydrogen-bond donors (Lipinski definition) is 0. The number of carbonyl (C=O) groups is 1. The second-order valence-corrected chi connectivity index (χ2v) is 3.98. The largest absolute Gasteiger partial charge is 0.462 e. The summed E-state index contributed by atoms with van der Waals surface area (Å²) in [4.78, 5) is 11.7. The van der Waals surface area contributed by atoms with E-state index in [0.717, 1.165) is 37.0 Å². The number of rotatable bonds is 4. The Hall–Kier alpha value is -0.570. The van der Waals surface area contributed by atoms with E-state index in [1.807, 2.05) is 6.92 Å². The summed E-state index contributed by atoms with van der Waals surface area (Å²) in [5, 5.41) is 0. The van der Waals surface area contributed by atoms with Crippen LogP contribution in [0.5, 0.6) is 0 Å². The quantitative estimate of drug-likeness (QED) is 0.508. The van der Waals surface area contributed by atoms with Crippen molar-refractivity contribution in [1.82, 2.24) is 0 Å². The van der Waals surface area contributed by atoms with Crippen molar-refractivity contribution in [3.8, 4) is 0 Å². The average molecular weight is 200 g/mol. The van der Waals surface area contributed by atoms with Crippen LogP contribution in [-0.4, -0.2) is 42.7 Å². The van der Waals surface area contributed by atoms with Crippen LogP contribution in [0.2, 0.25) is 0 Å². The van der Waals surface area contributed by atoms with E-state index < -0.39 is 0 Å². The molecule has 1 saturated heterocycles. The number of nitrogens with zero attached hydrogens (tertiary/aromatic N) is 1. The van der Waals surface area contributed by atoms with Gasteiger partial charge in [0.2, 0.25) is 0 Å². The van der Waals surface area contributed by atoms with Crippen LogP contribution in [0.25, 0.3) is 0 Å². The molecule has 0 aliphatic carbocycles. The van der Waals surface area contributed by atoms with E-state index in [2.05, 4.69) is 13.8 Å². The van der Waals surface area contributed by atoms with Gasteiger partial charge in [-0.2, -0.15) is 0 Å². The van der Waals surface area contributed by atoms with Gasteiger partial charge in [0.05, 0.1) is 26.2 Å². The minimum Gasteiger partial charge on any atom is -0.462 e. The van der Waals surface area contributed by atoms with Crippen LogP contribution in [0, 0.1) is 0 Å². The van der Waals surface area contributed by atoms with Crippen molar-refractivity contribution in [2.45, 2.75) is 39.7 Å². The number of esters is 1. The number of carbonyl (C=O) groups excluding carboxylic acids is 1. The van der Waals surface area contributed by atoms with E-state index in [9.17, 15) is 4.79 Å². The molecule has 3 nitrogen and oxygen atoms in total. The van der Waals surface area contributed by atoms with Gasteiger partial charge in [-0.05, 0) is 20.8 Å². The molecule has 0 spiro atoms. The summed E-state index contributed by atoms with van der Waals surface area (Å²) in [5.74, 6) is 0.00806. The van der Waals surface area contributed by atoms with Crippen molar-refractivity contribution in [3.05, 3.63) is 0 Å². The Labute approximate surface area is 86.6 Å². The third kappa shape index (κ3) is 1.92. The molecule has 1 rings (SSSR count). The van der Waals surface area contributed by atoms with E-state index in [4.69, 9.17) is 4.74 Å². The Morgan fingerprint density at radius 2 is 2.00 bits per heavy atom. The van der Waals surface area contributed by atoms with Gasteiger partial charge < -0.3 is 9.22 Å². The fourth-order valence-corrected chi connectivity index (χ4v) is 2.59. The highest BCUT2D eigenvalue weighted by atomic mass is 16.5. The van der Waals surface area contributed by atoms with Crippen molar-refractivity contribution in [1.29, 1.82) is 0 Å². The minimum atomic E-state index is 0.00806. The second-order valence-electron chi connectivity index (χ2n) is 3.98. The Morgan fingerprint density at radius 3 is 2.50 bits per heavy atom. The first-order valence-electron chi connectivity index (χ1n) is 5.72. The second kappa shape index (κ2) is 4.78. The minimum absolute atomic E-state index is 0.00806. The Bertz CT molecular complexity index is 199. The van der Waals surface area contributed by atoms with Gasteiger partial charge in [0.25, 0.3) is 0 Å². The summed E-state index contributed by atoms with van der Waals surface area (Å²) in [7, 11) is 0. The lowest BCUT2D eigenvalue weighted by Gasteiger charge is -2.36. The van der Waals surface area contributed by atoms with Crippen molar-refractivity contribution in [2.75, 3.05) is 26.2 Å². The van der Waals surface area contributed by atoms with Crippen LogP contribution in [0.4, 0.5) is 0 Å². The first kappa shape index (κ1) is 11.5. The fraction of sp³-hybridized carbons (Fsp3) is 0.909. The molecule has 14 heavy (non-hydrogen) atoms. The van der Waals surface area contributed by atoms with E-state index in [-0.39, 0.29) is 12.0 Å². The maximum Gasteiger partial charge on any atom is 0.364 e. The monoisotopic (exact) mass is 200 g/mol. The zero-order valence-corrected chi connectivity index (χ0v) is 9.58. The highest BCUT2D eigenvalue weighted by Crippen LogP contribution is 2.27. The first-order chi connectivity index (χ1) is 6.70. The molecule has 0 aromatic heterocycles. The molecule has 0 N–H and O–H groups in total. The zero-order valence-electron chi connectivity index (χ0n) is 9.58. The van der Waals surface area contributed by atoms with Gasteiger partial charge in [-0.25, -0.2) is 4.79 Å². The number of quaternary nitrogens is 1. The van der Waals surface area contributed by atoms with E-state index in [1.165, 1.54) is 0 Å². The molecule has 1 aliphatic rings. The van der Waals surface area contributed by atoms with Crippen LogP contribution >= 0.6 is 0 Å². The maximum atomic E-state index is 11.7. The fourth-order valence-electron chi connectivity index (χ4n) is 2.59. The van der Waals surface area contributed by atoms with Crippen LogP contribution < -0.4 is 0 Å². The molecule has 0 radical (unpaired) electrons. The van der Waals surface area contributed by atoms with Gasteiger partial charge >= 0.3 is 5.97 Å². The zero-order chi connectivity index (χ0) is 10.6. The van der Waals surface area contributed by atoms with Gasteiger partial charge in [-0.1, -0.05) is 0 Å². The van der Waals surface area contributed by atoms with Crippen LogP contribution in [0.1, 0.15) is 33.6 Å². The van der Waals surface area contributed by atoms with Gasteiger partial charge in [0, 0.05) is 12.8 Å². The van der Waals surface area contributed by atoms with E-state index in [0.29, 0.717) is 6.61 Å². The summed E-state index contributed by atoms with van der Waals surface area (Å²) < 4.78 is 6.06. The number of likely N-dealkylation sites (N-methyl/N-ethyl adjacent to an activating group) is 1. The van der Waals surface area contributed by atoms with Crippen LogP contribution in [0.3, 0.4) is 0 Å².